The number of carbonyl (C=O) groups is 3. The number of rotatable bonds is 8. The van der Waals surface area contributed by atoms with Crippen LogP contribution >= 0.6 is 46.3 Å². The molecule has 3 aromatic rings. The number of benzene rings is 2. The Hall–Kier alpha value is -2.79. The van der Waals surface area contributed by atoms with Gasteiger partial charge in [0, 0.05) is 31.7 Å². The molecular weight excluding hydrogens is 643 g/mol. The summed E-state index contributed by atoms with van der Waals surface area (Å²) in [6.45, 7) is 4.04. The second-order valence-electron chi connectivity index (χ2n) is 12.6. The summed E-state index contributed by atoms with van der Waals surface area (Å²) in [5.41, 5.74) is 1.72. The van der Waals surface area contributed by atoms with Crippen LogP contribution < -0.4 is 9.61 Å². The molecule has 44 heavy (non-hydrogen) atoms. The van der Waals surface area contributed by atoms with E-state index in [1.54, 1.807) is 23.9 Å². The molecule has 0 radical (unpaired) electrons. The highest BCUT2D eigenvalue weighted by atomic mass is 35.5. The monoisotopic (exact) mass is 672 g/mol. The number of carboxylic acids is 1. The summed E-state index contributed by atoms with van der Waals surface area (Å²) in [4.78, 5) is 57.6. The zero-order chi connectivity index (χ0) is 31.0. The minimum Gasteiger partial charge on any atom is -0.489 e. The Kier molecular flexibility index (Phi) is 7.63. The van der Waals surface area contributed by atoms with E-state index in [2.05, 4.69) is 4.98 Å². The van der Waals surface area contributed by atoms with E-state index in [0.717, 1.165) is 37.3 Å². The van der Waals surface area contributed by atoms with Crippen LogP contribution in [0.5, 0.6) is 5.75 Å². The molecular formula is C32H30Cl2N2O6S2. The summed E-state index contributed by atoms with van der Waals surface area (Å²) in [7, 11) is 0. The molecule has 0 spiro atoms. The molecule has 2 aliphatic heterocycles. The van der Waals surface area contributed by atoms with Crippen molar-refractivity contribution in [1.82, 2.24) is 9.88 Å². The largest absolute Gasteiger partial charge is 0.489 e. The first-order valence-electron chi connectivity index (χ1n) is 14.7. The number of likely N-dealkylation sites (tertiary alicyclic amines) is 1. The minimum atomic E-state index is -1.18. The molecule has 4 aliphatic rings. The predicted molar refractivity (Wildman–Crippen MR) is 168 cm³/mol. The number of carboxylic acid groups (broad SMARTS) is 1. The van der Waals surface area contributed by atoms with Crippen molar-refractivity contribution < 1.29 is 24.2 Å². The van der Waals surface area contributed by atoms with Crippen molar-refractivity contribution in [3.8, 4) is 5.75 Å². The Labute approximate surface area is 272 Å². The van der Waals surface area contributed by atoms with E-state index in [1.165, 1.54) is 0 Å². The highest BCUT2D eigenvalue weighted by Crippen LogP contribution is 2.69. The van der Waals surface area contributed by atoms with Crippen molar-refractivity contribution in [2.24, 2.45) is 35.5 Å². The van der Waals surface area contributed by atoms with Crippen molar-refractivity contribution in [3.05, 3.63) is 78.2 Å². The number of thiazole rings is 1. The van der Waals surface area contributed by atoms with Crippen molar-refractivity contribution in [2.45, 2.75) is 55.5 Å². The van der Waals surface area contributed by atoms with Gasteiger partial charge in [0.2, 0.25) is 11.8 Å². The van der Waals surface area contributed by atoms with E-state index < -0.39 is 23.8 Å². The van der Waals surface area contributed by atoms with Crippen molar-refractivity contribution in [3.63, 3.8) is 0 Å². The number of nitrogens with one attached hydrogen (secondary N) is 1. The lowest BCUT2D eigenvalue weighted by Crippen LogP contribution is -2.47. The Morgan fingerprint density at radius 1 is 1.07 bits per heavy atom. The molecule has 7 rings (SSSR count). The molecule has 2 aromatic carbocycles. The quantitative estimate of drug-likeness (QED) is 0.270. The number of nitrogens with zero attached hydrogens (tertiary/aromatic N) is 1. The molecule has 8 atom stereocenters. The van der Waals surface area contributed by atoms with Crippen LogP contribution in [-0.2, 0) is 21.0 Å². The number of fused-ring (bicyclic) bond motifs is 9. The first kappa shape index (κ1) is 29.9. The molecule has 2 N–H and O–H groups in total. The third-order valence-corrected chi connectivity index (χ3v) is 12.7. The molecule has 7 unspecified atom stereocenters. The number of hydrogen-bond donors (Lipinski definition) is 2. The number of aliphatic carboxylic acids is 1. The Balaban J connectivity index is 1.29. The molecule has 2 aliphatic carbocycles. The summed E-state index contributed by atoms with van der Waals surface area (Å²) in [6, 6.07) is 11.7. The summed E-state index contributed by atoms with van der Waals surface area (Å²) in [6.07, 6.45) is 0.903. The average molecular weight is 674 g/mol. The summed E-state index contributed by atoms with van der Waals surface area (Å²) in [5, 5.41) is 11.9. The number of thioether (sulfide) groups is 1. The molecule has 1 aromatic heterocycles. The van der Waals surface area contributed by atoms with E-state index in [0.29, 0.717) is 22.2 Å². The molecule has 230 valence electrons. The maximum Gasteiger partial charge on any atom is 0.326 e. The van der Waals surface area contributed by atoms with Gasteiger partial charge in [-0.3, -0.25) is 19.3 Å². The number of aromatic amines is 1. The van der Waals surface area contributed by atoms with Crippen LogP contribution in [0.4, 0.5) is 0 Å². The third kappa shape index (κ3) is 4.80. The van der Waals surface area contributed by atoms with Gasteiger partial charge in [-0.25, -0.2) is 4.79 Å². The van der Waals surface area contributed by atoms with Gasteiger partial charge in [-0.2, -0.15) is 0 Å². The van der Waals surface area contributed by atoms with Crippen molar-refractivity contribution >= 4 is 64.1 Å². The highest BCUT2D eigenvalue weighted by molar-refractivity contribution is 8.00. The van der Waals surface area contributed by atoms with Gasteiger partial charge >= 0.3 is 10.8 Å². The van der Waals surface area contributed by atoms with Gasteiger partial charge in [0.1, 0.15) is 18.4 Å². The van der Waals surface area contributed by atoms with Crippen LogP contribution in [-0.4, -0.2) is 44.1 Å². The lowest BCUT2D eigenvalue weighted by Gasteiger charge is -2.43. The molecule has 2 saturated carbocycles. The van der Waals surface area contributed by atoms with Gasteiger partial charge in [-0.1, -0.05) is 60.5 Å². The van der Waals surface area contributed by atoms with Gasteiger partial charge in [0.15, 0.2) is 0 Å². The van der Waals surface area contributed by atoms with E-state index in [1.807, 2.05) is 44.2 Å². The average Bonchev–Trinajstić information content (AvgIpc) is 3.70. The Bertz CT molecular complexity index is 1740. The topological polar surface area (TPSA) is 117 Å². The van der Waals surface area contributed by atoms with Crippen LogP contribution in [0.15, 0.2) is 52.3 Å². The molecule has 12 heteroatoms. The van der Waals surface area contributed by atoms with Crippen molar-refractivity contribution in [1.29, 1.82) is 0 Å². The smallest absolute Gasteiger partial charge is 0.326 e. The molecule has 1 saturated heterocycles. The first-order valence-corrected chi connectivity index (χ1v) is 17.1. The van der Waals surface area contributed by atoms with E-state index in [-0.39, 0.29) is 64.6 Å². The van der Waals surface area contributed by atoms with Gasteiger partial charge in [-0.05, 0) is 72.4 Å². The maximum atomic E-state index is 14.0. The van der Waals surface area contributed by atoms with E-state index in [9.17, 15) is 24.3 Å². The highest BCUT2D eigenvalue weighted by Gasteiger charge is 2.70. The SMILES string of the molecule is CC(C)CC(C(=O)O)N1C(=O)C2C3CC(C2C1=O)C1C3Sc2[nH]c(=O)sc2[C@@H]1c1cc(Cl)ccc1OCc1cccc(Cl)c1. The van der Waals surface area contributed by atoms with Gasteiger partial charge in [-0.15, -0.1) is 11.8 Å². The number of amides is 2. The van der Waals surface area contributed by atoms with E-state index >= 15 is 0 Å². The standard InChI is InChI=1S/C32H30Cl2N2O6S2/c1-13(2)8-20(31(39)40)36-29(37)24-18-11-19(25(24)30(36)38)26-23(18)22(27-28(43-26)35-32(41)44-27)17-10-16(34)6-7-21(17)42-12-14-4-3-5-15(33)9-14/h3-7,9-10,13,18-20,22-26H,8,11-12H2,1-2H3,(H,35,41)(H,39,40)/t18?,19?,20?,22-,23?,24?,25?,26?/m1/s1. The van der Waals surface area contributed by atoms with Gasteiger partial charge in [0.05, 0.1) is 16.9 Å². The predicted octanol–water partition coefficient (Wildman–Crippen LogP) is 6.29. The first-order chi connectivity index (χ1) is 21.0. The number of halogens is 2. The number of imide groups is 1. The van der Waals surface area contributed by atoms with E-state index in [4.69, 9.17) is 27.9 Å². The molecule has 8 nitrogen and oxygen atoms in total. The summed E-state index contributed by atoms with van der Waals surface area (Å²) in [5.74, 6) is -3.08. The van der Waals surface area contributed by atoms with Crippen LogP contribution in [0.25, 0.3) is 0 Å². The van der Waals surface area contributed by atoms with Crippen LogP contribution in [0.2, 0.25) is 10.0 Å². The zero-order valence-electron chi connectivity index (χ0n) is 23.9. The number of ether oxygens (including phenoxy) is 1. The van der Waals surface area contributed by atoms with Gasteiger partial charge < -0.3 is 14.8 Å². The number of carbonyl (C=O) groups excluding carboxylic acids is 2. The summed E-state index contributed by atoms with van der Waals surface area (Å²) >= 11 is 15.5. The van der Waals surface area contributed by atoms with Crippen LogP contribution in [0.3, 0.4) is 0 Å². The van der Waals surface area contributed by atoms with Crippen LogP contribution in [0.1, 0.15) is 48.6 Å². The summed E-state index contributed by atoms with van der Waals surface area (Å²) < 4.78 is 6.37. The fourth-order valence-corrected chi connectivity index (χ4v) is 11.4. The minimum absolute atomic E-state index is 0.00245. The molecule has 3 fully saturated rings. The fraction of sp³-hybridized carbons (Fsp3) is 0.438. The Morgan fingerprint density at radius 2 is 1.80 bits per heavy atom. The molecule has 3 heterocycles. The Morgan fingerprint density at radius 3 is 2.50 bits per heavy atom. The number of H-pyrrole nitrogens is 1. The molecule has 2 bridgehead atoms. The normalized spacial score (nSPS) is 29.1. The fourth-order valence-electron chi connectivity index (χ4n) is 8.14. The van der Waals surface area contributed by atoms with Crippen LogP contribution in [0, 0.1) is 35.5 Å². The zero-order valence-corrected chi connectivity index (χ0v) is 27.0. The molecule has 2 amide bonds. The lowest BCUT2D eigenvalue weighted by molar-refractivity contribution is -0.156. The second kappa shape index (κ2) is 11.2. The number of hydrogen-bond acceptors (Lipinski definition) is 7. The number of aromatic nitrogens is 1. The second-order valence-corrected chi connectivity index (χ2v) is 15.7. The lowest BCUT2D eigenvalue weighted by atomic mass is 9.68. The van der Waals surface area contributed by atoms with Gasteiger partial charge in [0.25, 0.3) is 0 Å². The maximum absolute atomic E-state index is 14.0. The van der Waals surface area contributed by atoms with Crippen molar-refractivity contribution in [2.75, 3.05) is 0 Å². The third-order valence-electron chi connectivity index (χ3n) is 9.64.